The number of hydrogen-bond acceptors (Lipinski definition) is 2. The molecule has 1 heterocycles. The molecule has 0 unspecified atom stereocenters. The lowest BCUT2D eigenvalue weighted by Gasteiger charge is -2.01. The molecule has 0 atom stereocenters. The maximum absolute atomic E-state index is 13.0. The Morgan fingerprint density at radius 3 is 2.10 bits per heavy atom. The molecule has 0 radical (unpaired) electrons. The monoisotopic (exact) mass is 307 g/mol. The number of hydrogen-bond donors (Lipinski definition) is 0. The summed E-state index contributed by atoms with van der Waals surface area (Å²) in [5, 5.41) is 0.668. The van der Waals surface area contributed by atoms with Crippen molar-refractivity contribution in [3.05, 3.63) is 64.7 Å². The zero-order valence-electron chi connectivity index (χ0n) is 10.1. The minimum absolute atomic E-state index is 0.0364. The van der Waals surface area contributed by atoms with E-state index >= 15 is 0 Å². The van der Waals surface area contributed by atoms with Crippen LogP contribution in [-0.4, -0.2) is 4.98 Å². The number of benzene rings is 2. The first-order valence-electron chi connectivity index (χ1n) is 5.82. The van der Waals surface area contributed by atoms with Gasteiger partial charge in [0, 0.05) is 16.1 Å². The average molecular weight is 308 g/mol. The Morgan fingerprint density at radius 2 is 1.45 bits per heavy atom. The van der Waals surface area contributed by atoms with Gasteiger partial charge in [-0.1, -0.05) is 23.7 Å². The van der Waals surface area contributed by atoms with Gasteiger partial charge in [0.25, 0.3) is 5.35 Å². The molecule has 20 heavy (non-hydrogen) atoms. The van der Waals surface area contributed by atoms with E-state index in [0.717, 1.165) is 5.56 Å². The summed E-state index contributed by atoms with van der Waals surface area (Å²) in [7, 11) is 0. The second-order valence-corrected chi connectivity index (χ2v) is 4.92. The van der Waals surface area contributed by atoms with Crippen molar-refractivity contribution in [1.82, 2.24) is 4.98 Å². The Kier molecular flexibility index (Phi) is 3.47. The number of rotatable bonds is 2. The van der Waals surface area contributed by atoms with Crippen molar-refractivity contribution in [3.8, 4) is 22.6 Å². The second-order valence-electron chi connectivity index (χ2n) is 4.16. The van der Waals surface area contributed by atoms with E-state index in [1.54, 1.807) is 24.3 Å². The molecule has 0 bridgehead atoms. The quantitative estimate of drug-likeness (QED) is 0.629. The predicted molar refractivity (Wildman–Crippen MR) is 77.4 cm³/mol. The van der Waals surface area contributed by atoms with Gasteiger partial charge in [-0.15, -0.1) is 0 Å². The molecule has 0 amide bonds. The zero-order valence-corrected chi connectivity index (χ0v) is 11.6. The minimum atomic E-state index is -0.313. The molecule has 0 fully saturated rings. The molecule has 100 valence electrons. The van der Waals surface area contributed by atoms with Gasteiger partial charge in [0.05, 0.1) is 0 Å². The van der Waals surface area contributed by atoms with Crippen molar-refractivity contribution in [2.75, 3.05) is 0 Å². The highest BCUT2D eigenvalue weighted by atomic mass is 35.5. The van der Waals surface area contributed by atoms with Gasteiger partial charge >= 0.3 is 0 Å². The smallest absolute Gasteiger partial charge is 0.293 e. The molecule has 2 nitrogen and oxygen atoms in total. The molecule has 3 aromatic rings. The SMILES string of the molecule is Fc1ccc(-c2oc(Cl)nc2-c2ccc(Cl)cc2)cc1. The molecule has 1 aromatic heterocycles. The van der Waals surface area contributed by atoms with Crippen LogP contribution in [0.1, 0.15) is 0 Å². The van der Waals surface area contributed by atoms with Crippen molar-refractivity contribution >= 4 is 23.2 Å². The number of halogens is 3. The van der Waals surface area contributed by atoms with Gasteiger partial charge in [0.2, 0.25) is 0 Å². The summed E-state index contributed by atoms with van der Waals surface area (Å²) < 4.78 is 18.4. The largest absolute Gasteiger partial charge is 0.427 e. The molecular weight excluding hydrogens is 300 g/mol. The van der Waals surface area contributed by atoms with E-state index in [2.05, 4.69) is 4.98 Å². The van der Waals surface area contributed by atoms with Crippen LogP contribution in [-0.2, 0) is 0 Å². The Hall–Kier alpha value is -1.84. The van der Waals surface area contributed by atoms with E-state index in [1.807, 2.05) is 12.1 Å². The van der Waals surface area contributed by atoms with Gasteiger partial charge in [-0.2, -0.15) is 4.98 Å². The van der Waals surface area contributed by atoms with Crippen molar-refractivity contribution in [2.45, 2.75) is 0 Å². The first kappa shape index (κ1) is 13.2. The summed E-state index contributed by atoms with van der Waals surface area (Å²) >= 11 is 11.7. The number of aromatic nitrogens is 1. The van der Waals surface area contributed by atoms with Crippen LogP contribution in [0.3, 0.4) is 0 Å². The highest BCUT2D eigenvalue weighted by Gasteiger charge is 2.16. The predicted octanol–water partition coefficient (Wildman–Crippen LogP) is 5.45. The lowest BCUT2D eigenvalue weighted by Crippen LogP contribution is -1.83. The van der Waals surface area contributed by atoms with Crippen molar-refractivity contribution < 1.29 is 8.81 Å². The van der Waals surface area contributed by atoms with E-state index in [9.17, 15) is 4.39 Å². The number of oxazole rings is 1. The summed E-state index contributed by atoms with van der Waals surface area (Å²) in [6.45, 7) is 0. The van der Waals surface area contributed by atoms with E-state index in [-0.39, 0.29) is 11.2 Å². The van der Waals surface area contributed by atoms with Gasteiger partial charge in [-0.05, 0) is 48.0 Å². The maximum atomic E-state index is 13.0. The molecule has 0 aliphatic carbocycles. The van der Waals surface area contributed by atoms with Crippen molar-refractivity contribution in [2.24, 2.45) is 0 Å². The third-order valence-corrected chi connectivity index (χ3v) is 3.24. The van der Waals surface area contributed by atoms with Crippen LogP contribution in [0.5, 0.6) is 0 Å². The van der Waals surface area contributed by atoms with Gasteiger partial charge in [-0.25, -0.2) is 4.39 Å². The van der Waals surface area contributed by atoms with Crippen LogP contribution in [0.2, 0.25) is 10.4 Å². The first-order chi connectivity index (χ1) is 9.63. The Labute approximate surface area is 124 Å². The molecule has 0 saturated heterocycles. The molecule has 0 N–H and O–H groups in total. The van der Waals surface area contributed by atoms with E-state index in [1.165, 1.54) is 12.1 Å². The molecule has 3 rings (SSSR count). The molecular formula is C15H8Cl2FNO. The van der Waals surface area contributed by atoms with Crippen LogP contribution < -0.4 is 0 Å². The average Bonchev–Trinajstić information content (AvgIpc) is 2.82. The summed E-state index contributed by atoms with van der Waals surface area (Å²) in [5.41, 5.74) is 2.12. The van der Waals surface area contributed by atoms with Crippen LogP contribution in [0, 0.1) is 5.82 Å². The third-order valence-electron chi connectivity index (χ3n) is 2.83. The second kappa shape index (κ2) is 5.27. The Morgan fingerprint density at radius 1 is 0.850 bits per heavy atom. The lowest BCUT2D eigenvalue weighted by atomic mass is 10.1. The van der Waals surface area contributed by atoms with Crippen LogP contribution in [0.25, 0.3) is 22.6 Å². The summed E-state index contributed by atoms with van der Waals surface area (Å²) in [6.07, 6.45) is 0. The van der Waals surface area contributed by atoms with Crippen molar-refractivity contribution in [1.29, 1.82) is 0 Å². The standard InChI is InChI=1S/C15H8Cl2FNO/c16-11-5-1-9(2-6-11)13-14(20-15(17)19-13)10-3-7-12(18)8-4-10/h1-8H. The summed E-state index contributed by atoms with van der Waals surface area (Å²) in [5.74, 6) is 0.185. The molecule has 0 spiro atoms. The molecule has 0 aliphatic rings. The highest BCUT2D eigenvalue weighted by Crippen LogP contribution is 2.34. The maximum Gasteiger partial charge on any atom is 0.293 e. The molecule has 5 heteroatoms. The number of nitrogens with zero attached hydrogens (tertiary/aromatic N) is 1. The zero-order chi connectivity index (χ0) is 14.1. The molecule has 2 aromatic carbocycles. The Bertz CT molecular complexity index is 673. The molecule has 0 saturated carbocycles. The normalized spacial score (nSPS) is 10.8. The fraction of sp³-hybridized carbons (Fsp3) is 0. The van der Waals surface area contributed by atoms with Crippen molar-refractivity contribution in [3.63, 3.8) is 0 Å². The van der Waals surface area contributed by atoms with Gasteiger partial charge in [-0.3, -0.25) is 0 Å². The van der Waals surface area contributed by atoms with E-state index in [0.29, 0.717) is 22.0 Å². The van der Waals surface area contributed by atoms with Crippen LogP contribution in [0.4, 0.5) is 4.39 Å². The van der Waals surface area contributed by atoms with Gasteiger partial charge < -0.3 is 4.42 Å². The minimum Gasteiger partial charge on any atom is -0.427 e. The van der Waals surface area contributed by atoms with E-state index in [4.69, 9.17) is 27.6 Å². The van der Waals surface area contributed by atoms with Crippen LogP contribution in [0.15, 0.2) is 52.9 Å². The highest BCUT2D eigenvalue weighted by molar-refractivity contribution is 6.30. The summed E-state index contributed by atoms with van der Waals surface area (Å²) in [4.78, 5) is 4.17. The van der Waals surface area contributed by atoms with E-state index < -0.39 is 0 Å². The van der Waals surface area contributed by atoms with Crippen LogP contribution >= 0.6 is 23.2 Å². The fourth-order valence-electron chi connectivity index (χ4n) is 1.89. The third kappa shape index (κ3) is 2.55. The topological polar surface area (TPSA) is 26.0 Å². The Balaban J connectivity index is 2.12. The first-order valence-corrected chi connectivity index (χ1v) is 6.57. The van der Waals surface area contributed by atoms with Gasteiger partial charge in [0.1, 0.15) is 11.5 Å². The summed E-state index contributed by atoms with van der Waals surface area (Å²) in [6, 6.07) is 13.1. The molecule has 0 aliphatic heterocycles. The lowest BCUT2D eigenvalue weighted by molar-refractivity contribution is 0.574. The fourth-order valence-corrected chi connectivity index (χ4v) is 2.18. The van der Waals surface area contributed by atoms with Gasteiger partial charge in [0.15, 0.2) is 5.76 Å².